The smallest absolute Gasteiger partial charge is 0.350 e. The van der Waals surface area contributed by atoms with E-state index in [0.717, 1.165) is 30.6 Å². The van der Waals surface area contributed by atoms with Crippen LogP contribution in [0.3, 0.4) is 0 Å². The van der Waals surface area contributed by atoms with Crippen LogP contribution in [0.5, 0.6) is 5.75 Å². The summed E-state index contributed by atoms with van der Waals surface area (Å²) in [7, 11) is -2.23. The predicted octanol–water partition coefficient (Wildman–Crippen LogP) is 2.73. The predicted molar refractivity (Wildman–Crippen MR) is 109 cm³/mol. The van der Waals surface area contributed by atoms with Crippen molar-refractivity contribution in [3.05, 3.63) is 40.6 Å². The molecule has 0 spiro atoms. The molecule has 8 nitrogen and oxygen atoms in total. The van der Waals surface area contributed by atoms with Crippen LogP contribution in [0, 0.1) is 0 Å². The Hall–Kier alpha value is -2.43. The number of amides is 1. The standard InChI is InChI=1S/C19H22N2O6S2/c1-26-19(23)18-16(9-12-28-18)20-17(22)13-27-14-5-7-15(8-6-14)29(24,25)21-10-3-2-4-11-21/h5-9,12H,2-4,10-11,13H2,1H3,(H,20,22). The first-order valence-electron chi connectivity index (χ1n) is 9.10. The van der Waals surface area contributed by atoms with E-state index in [1.165, 1.54) is 35.7 Å². The summed E-state index contributed by atoms with van der Waals surface area (Å²) < 4.78 is 36.9. The van der Waals surface area contributed by atoms with Gasteiger partial charge >= 0.3 is 5.97 Å². The molecule has 1 aliphatic heterocycles. The summed E-state index contributed by atoms with van der Waals surface area (Å²) in [5, 5.41) is 4.27. The van der Waals surface area contributed by atoms with Crippen LogP contribution in [-0.2, 0) is 19.6 Å². The number of sulfonamides is 1. The van der Waals surface area contributed by atoms with Crippen molar-refractivity contribution in [2.45, 2.75) is 24.2 Å². The molecule has 1 amide bonds. The zero-order valence-electron chi connectivity index (χ0n) is 15.9. The lowest BCUT2D eigenvalue weighted by Gasteiger charge is -2.25. The Morgan fingerprint density at radius 3 is 2.45 bits per heavy atom. The van der Waals surface area contributed by atoms with Gasteiger partial charge in [-0.1, -0.05) is 6.42 Å². The van der Waals surface area contributed by atoms with Crippen LogP contribution in [0.1, 0.15) is 28.9 Å². The number of anilines is 1. The third-order valence-electron chi connectivity index (χ3n) is 4.46. The molecular weight excluding hydrogens is 416 g/mol. The summed E-state index contributed by atoms with van der Waals surface area (Å²) in [6.45, 7) is 0.794. The molecule has 0 bridgehead atoms. The number of esters is 1. The maximum Gasteiger partial charge on any atom is 0.350 e. The summed E-state index contributed by atoms with van der Waals surface area (Å²) >= 11 is 1.16. The fourth-order valence-electron chi connectivity index (χ4n) is 2.96. The number of hydrogen-bond acceptors (Lipinski definition) is 7. The molecule has 156 valence electrons. The molecule has 0 aliphatic carbocycles. The highest BCUT2D eigenvalue weighted by atomic mass is 32.2. The van der Waals surface area contributed by atoms with E-state index in [1.807, 2.05) is 0 Å². The molecule has 0 atom stereocenters. The lowest BCUT2D eigenvalue weighted by atomic mass is 10.2. The molecule has 10 heteroatoms. The summed E-state index contributed by atoms with van der Waals surface area (Å²) in [5.74, 6) is -0.600. The summed E-state index contributed by atoms with van der Waals surface area (Å²) in [6.07, 6.45) is 2.79. The molecule has 1 aromatic carbocycles. The molecular formula is C19H22N2O6S2. The summed E-state index contributed by atoms with van der Waals surface area (Å²) in [4.78, 5) is 24.2. The van der Waals surface area contributed by atoms with Crippen LogP contribution >= 0.6 is 11.3 Å². The Morgan fingerprint density at radius 1 is 1.10 bits per heavy atom. The summed E-state index contributed by atoms with van der Waals surface area (Å²) in [6, 6.07) is 7.61. The molecule has 2 heterocycles. The van der Waals surface area contributed by atoms with E-state index in [4.69, 9.17) is 4.74 Å². The Labute approximate surface area is 173 Å². The van der Waals surface area contributed by atoms with E-state index in [-0.39, 0.29) is 11.5 Å². The van der Waals surface area contributed by atoms with Gasteiger partial charge in [-0.25, -0.2) is 13.2 Å². The molecule has 0 radical (unpaired) electrons. The Morgan fingerprint density at radius 2 is 1.79 bits per heavy atom. The minimum Gasteiger partial charge on any atom is -0.484 e. The second-order valence-corrected chi connectivity index (χ2v) is 9.28. The van der Waals surface area contributed by atoms with Gasteiger partial charge < -0.3 is 14.8 Å². The quantitative estimate of drug-likeness (QED) is 0.667. The van der Waals surface area contributed by atoms with Crippen molar-refractivity contribution in [3.8, 4) is 5.75 Å². The second-order valence-electron chi connectivity index (χ2n) is 6.43. The van der Waals surface area contributed by atoms with Crippen molar-refractivity contribution < 1.29 is 27.5 Å². The average Bonchev–Trinajstić information content (AvgIpc) is 3.20. The highest BCUT2D eigenvalue weighted by molar-refractivity contribution is 7.89. The van der Waals surface area contributed by atoms with E-state index in [0.29, 0.717) is 29.4 Å². The first-order valence-corrected chi connectivity index (χ1v) is 11.4. The van der Waals surface area contributed by atoms with Gasteiger partial charge in [-0.15, -0.1) is 11.3 Å². The number of ether oxygens (including phenoxy) is 2. The molecule has 1 aliphatic rings. The fourth-order valence-corrected chi connectivity index (χ4v) is 5.24. The van der Waals surface area contributed by atoms with Gasteiger partial charge in [0.05, 0.1) is 17.7 Å². The largest absolute Gasteiger partial charge is 0.484 e. The number of carbonyl (C=O) groups excluding carboxylic acids is 2. The molecule has 1 saturated heterocycles. The molecule has 1 aromatic heterocycles. The lowest BCUT2D eigenvalue weighted by molar-refractivity contribution is -0.118. The number of nitrogens with one attached hydrogen (secondary N) is 1. The van der Waals surface area contributed by atoms with Crippen molar-refractivity contribution in [1.29, 1.82) is 0 Å². The molecule has 2 aromatic rings. The number of methoxy groups -OCH3 is 1. The first-order chi connectivity index (χ1) is 13.9. The molecule has 1 N–H and O–H groups in total. The van der Waals surface area contributed by atoms with Gasteiger partial charge in [0.15, 0.2) is 6.61 Å². The molecule has 0 unspecified atom stereocenters. The van der Waals surface area contributed by atoms with E-state index >= 15 is 0 Å². The number of rotatable bonds is 7. The number of thiophene rings is 1. The monoisotopic (exact) mass is 438 g/mol. The van der Waals surface area contributed by atoms with Crippen LogP contribution in [-0.4, -0.2) is 51.4 Å². The number of nitrogens with zero attached hydrogens (tertiary/aromatic N) is 1. The normalized spacial score (nSPS) is 14.9. The Bertz CT molecular complexity index is 963. The van der Waals surface area contributed by atoms with Crippen molar-refractivity contribution >= 4 is 38.9 Å². The van der Waals surface area contributed by atoms with Crippen LogP contribution in [0.25, 0.3) is 0 Å². The van der Waals surface area contributed by atoms with Gasteiger partial charge in [-0.05, 0) is 48.6 Å². The summed E-state index contributed by atoms with van der Waals surface area (Å²) in [5.41, 5.74) is 0.360. The molecule has 3 rings (SSSR count). The third kappa shape index (κ3) is 5.14. The van der Waals surface area contributed by atoms with E-state index < -0.39 is 21.9 Å². The van der Waals surface area contributed by atoms with Crippen LogP contribution in [0.15, 0.2) is 40.6 Å². The third-order valence-corrected chi connectivity index (χ3v) is 7.26. The Kier molecular flexibility index (Phi) is 6.88. The van der Waals surface area contributed by atoms with Crippen molar-refractivity contribution in [2.24, 2.45) is 0 Å². The number of benzene rings is 1. The molecule has 29 heavy (non-hydrogen) atoms. The van der Waals surface area contributed by atoms with Gasteiger partial charge in [-0.3, -0.25) is 4.79 Å². The fraction of sp³-hybridized carbons (Fsp3) is 0.368. The van der Waals surface area contributed by atoms with Crippen LogP contribution in [0.4, 0.5) is 5.69 Å². The maximum absolute atomic E-state index is 12.6. The lowest BCUT2D eigenvalue weighted by Crippen LogP contribution is -2.35. The van der Waals surface area contributed by atoms with Crippen LogP contribution < -0.4 is 10.1 Å². The molecule has 1 fully saturated rings. The van der Waals surface area contributed by atoms with Crippen molar-refractivity contribution in [3.63, 3.8) is 0 Å². The second kappa shape index (κ2) is 9.38. The van der Waals surface area contributed by atoms with Gasteiger partial charge in [0, 0.05) is 13.1 Å². The molecule has 0 saturated carbocycles. The van der Waals surface area contributed by atoms with Crippen LogP contribution in [0.2, 0.25) is 0 Å². The van der Waals surface area contributed by atoms with Crippen molar-refractivity contribution in [1.82, 2.24) is 4.31 Å². The van der Waals surface area contributed by atoms with Gasteiger partial charge in [-0.2, -0.15) is 4.31 Å². The minimum absolute atomic E-state index is 0.206. The van der Waals surface area contributed by atoms with E-state index in [1.54, 1.807) is 11.4 Å². The van der Waals surface area contributed by atoms with Gasteiger partial charge in [0.2, 0.25) is 10.0 Å². The number of carbonyl (C=O) groups is 2. The SMILES string of the molecule is COC(=O)c1sccc1NC(=O)COc1ccc(S(=O)(=O)N2CCCCC2)cc1. The Balaban J connectivity index is 1.57. The van der Waals surface area contributed by atoms with E-state index in [9.17, 15) is 18.0 Å². The zero-order valence-corrected chi connectivity index (χ0v) is 17.6. The highest BCUT2D eigenvalue weighted by Gasteiger charge is 2.25. The number of piperidine rings is 1. The number of hydrogen-bond donors (Lipinski definition) is 1. The first kappa shape index (κ1) is 21.3. The van der Waals surface area contributed by atoms with Gasteiger partial charge in [0.25, 0.3) is 5.91 Å². The average molecular weight is 439 g/mol. The topological polar surface area (TPSA) is 102 Å². The maximum atomic E-state index is 12.6. The highest BCUT2D eigenvalue weighted by Crippen LogP contribution is 2.24. The van der Waals surface area contributed by atoms with E-state index in [2.05, 4.69) is 10.1 Å². The van der Waals surface area contributed by atoms with Gasteiger partial charge in [0.1, 0.15) is 10.6 Å². The zero-order chi connectivity index (χ0) is 20.9. The van der Waals surface area contributed by atoms with Crippen molar-refractivity contribution in [2.75, 3.05) is 32.1 Å². The minimum atomic E-state index is -3.50.